The first-order chi connectivity index (χ1) is 10.2. The first kappa shape index (κ1) is 19.2. The van der Waals surface area contributed by atoms with E-state index < -0.39 is 48.3 Å². The second-order valence-electron chi connectivity index (χ2n) is 4.06. The molecule has 0 spiro atoms. The third kappa shape index (κ3) is 10.1. The number of Topliss-reactive ketones (excluding diaryl/α,β-unsaturated/α-hetero) is 2. The molecule has 0 fully saturated rings. The minimum Gasteiger partial charge on any atom is -0.458 e. The summed E-state index contributed by atoms with van der Waals surface area (Å²) in [7, 11) is 0. The average molecular weight is 312 g/mol. The smallest absolute Gasteiger partial charge is 0.330 e. The van der Waals surface area contributed by atoms with E-state index >= 15 is 0 Å². The number of hydrogen-bond donors (Lipinski definition) is 0. The topological polar surface area (TPSA) is 113 Å². The lowest BCUT2D eigenvalue weighted by molar-refractivity contribution is -0.154. The summed E-state index contributed by atoms with van der Waals surface area (Å²) in [6.45, 7) is 5.18. The number of carbonyl (C=O) groups excluding carboxylic acids is 5. The van der Waals surface area contributed by atoms with E-state index in [1.165, 1.54) is 13.8 Å². The highest BCUT2D eigenvalue weighted by molar-refractivity contribution is 5.95. The highest BCUT2D eigenvalue weighted by Crippen LogP contribution is 2.06. The molecular formula is C14H16O8. The Morgan fingerprint density at radius 2 is 1.36 bits per heavy atom. The normalized spacial score (nSPS) is 9.18. The molecule has 8 nitrogen and oxygen atoms in total. The van der Waals surface area contributed by atoms with Crippen LogP contribution >= 0.6 is 0 Å². The van der Waals surface area contributed by atoms with E-state index in [0.717, 1.165) is 12.2 Å². The largest absolute Gasteiger partial charge is 0.458 e. The minimum absolute atomic E-state index is 0.360. The molecule has 0 bridgehead atoms. The summed E-state index contributed by atoms with van der Waals surface area (Å²) < 4.78 is 13.9. The fourth-order valence-electron chi connectivity index (χ4n) is 1.06. The molecule has 0 amide bonds. The van der Waals surface area contributed by atoms with Gasteiger partial charge in [0.2, 0.25) is 0 Å². The van der Waals surface area contributed by atoms with Crippen molar-refractivity contribution >= 4 is 29.5 Å². The molecule has 0 heterocycles. The Kier molecular flexibility index (Phi) is 8.77. The summed E-state index contributed by atoms with van der Waals surface area (Å²) in [6, 6.07) is 0. The number of carbonyl (C=O) groups is 5. The second-order valence-corrected chi connectivity index (χ2v) is 4.06. The fraction of sp³-hybridized carbons (Fsp3) is 0.357. The van der Waals surface area contributed by atoms with E-state index in [-0.39, 0.29) is 6.61 Å². The minimum atomic E-state index is -0.954. The van der Waals surface area contributed by atoms with E-state index in [4.69, 9.17) is 0 Å². The maximum absolute atomic E-state index is 11.4. The van der Waals surface area contributed by atoms with Gasteiger partial charge in [0.1, 0.15) is 31.0 Å². The first-order valence-electron chi connectivity index (χ1n) is 6.14. The molecule has 0 rings (SSSR count). The molecule has 0 aromatic carbocycles. The Hall–Kier alpha value is -2.77. The van der Waals surface area contributed by atoms with Crippen LogP contribution in [0.5, 0.6) is 0 Å². The Morgan fingerprint density at radius 3 is 1.73 bits per heavy atom. The molecule has 0 atom stereocenters. The number of hydrogen-bond acceptors (Lipinski definition) is 8. The summed E-state index contributed by atoms with van der Waals surface area (Å²) in [5, 5.41) is 0. The molecule has 0 aromatic rings. The Balaban J connectivity index is 4.77. The van der Waals surface area contributed by atoms with Crippen LogP contribution in [0, 0.1) is 0 Å². The van der Waals surface area contributed by atoms with E-state index in [2.05, 4.69) is 20.8 Å². The average Bonchev–Trinajstić information content (AvgIpc) is 2.35. The lowest BCUT2D eigenvalue weighted by atomic mass is 10.3. The lowest BCUT2D eigenvalue weighted by Crippen LogP contribution is -2.15. The van der Waals surface area contributed by atoms with Crippen molar-refractivity contribution in [2.75, 3.05) is 6.61 Å². The summed E-state index contributed by atoms with van der Waals surface area (Å²) in [5.74, 6) is -4.11. The van der Waals surface area contributed by atoms with E-state index in [1.54, 1.807) is 0 Å². The molecular weight excluding hydrogens is 296 g/mol. The van der Waals surface area contributed by atoms with Gasteiger partial charge < -0.3 is 14.2 Å². The van der Waals surface area contributed by atoms with Gasteiger partial charge in [0, 0.05) is 12.2 Å². The number of rotatable bonds is 9. The summed E-state index contributed by atoms with van der Waals surface area (Å²) in [4.78, 5) is 55.1. The summed E-state index contributed by atoms with van der Waals surface area (Å²) in [5.41, 5.74) is 0. The molecule has 0 aliphatic heterocycles. The van der Waals surface area contributed by atoms with Crippen LogP contribution in [0.25, 0.3) is 0 Å². The monoisotopic (exact) mass is 312 g/mol. The van der Waals surface area contributed by atoms with Crippen molar-refractivity contribution < 1.29 is 38.2 Å². The van der Waals surface area contributed by atoms with Gasteiger partial charge in [-0.05, 0) is 13.8 Å². The highest BCUT2D eigenvalue weighted by Gasteiger charge is 2.15. The molecule has 0 N–H and O–H groups in total. The SMILES string of the molecule is C=CC(=O)OCC=C(OC(=O)CC(C)=O)OC(=O)CC(C)=O. The predicted molar refractivity (Wildman–Crippen MR) is 72.0 cm³/mol. The molecule has 0 unspecified atom stereocenters. The Labute approximate surface area is 126 Å². The molecule has 0 radical (unpaired) electrons. The van der Waals surface area contributed by atoms with Crippen LogP contribution in [0.4, 0.5) is 0 Å². The molecule has 0 aliphatic carbocycles. The van der Waals surface area contributed by atoms with Gasteiger partial charge >= 0.3 is 17.9 Å². The van der Waals surface area contributed by atoms with E-state index in [9.17, 15) is 24.0 Å². The quantitative estimate of drug-likeness (QED) is 0.263. The maximum atomic E-state index is 11.4. The van der Waals surface area contributed by atoms with Gasteiger partial charge in [-0.15, -0.1) is 0 Å². The van der Waals surface area contributed by atoms with E-state index in [1.807, 2.05) is 0 Å². The van der Waals surface area contributed by atoms with Crippen LogP contribution in [-0.4, -0.2) is 36.1 Å². The molecule has 8 heteroatoms. The number of ketones is 2. The molecule has 22 heavy (non-hydrogen) atoms. The fourth-order valence-corrected chi connectivity index (χ4v) is 1.06. The molecule has 120 valence electrons. The van der Waals surface area contributed by atoms with Crippen molar-refractivity contribution in [1.82, 2.24) is 0 Å². The zero-order valence-corrected chi connectivity index (χ0v) is 12.2. The molecule has 0 aromatic heterocycles. The van der Waals surface area contributed by atoms with Crippen LogP contribution in [0.2, 0.25) is 0 Å². The second kappa shape index (κ2) is 10.0. The van der Waals surface area contributed by atoms with Crippen LogP contribution < -0.4 is 0 Å². The van der Waals surface area contributed by atoms with Crippen LogP contribution in [0.3, 0.4) is 0 Å². The maximum Gasteiger partial charge on any atom is 0.330 e. The summed E-state index contributed by atoms with van der Waals surface area (Å²) >= 11 is 0. The highest BCUT2D eigenvalue weighted by atomic mass is 16.7. The summed E-state index contributed by atoms with van der Waals surface area (Å²) in [6.07, 6.45) is 0.872. The Bertz CT molecular complexity index is 483. The van der Waals surface area contributed by atoms with Crippen LogP contribution in [0.15, 0.2) is 24.7 Å². The van der Waals surface area contributed by atoms with Gasteiger partial charge in [0.15, 0.2) is 0 Å². The van der Waals surface area contributed by atoms with Crippen molar-refractivity contribution in [3.63, 3.8) is 0 Å². The zero-order chi connectivity index (χ0) is 17.1. The van der Waals surface area contributed by atoms with Crippen molar-refractivity contribution in [2.24, 2.45) is 0 Å². The molecule has 0 saturated heterocycles. The lowest BCUT2D eigenvalue weighted by Gasteiger charge is -2.08. The van der Waals surface area contributed by atoms with Gasteiger partial charge in [0.25, 0.3) is 5.95 Å². The molecule has 0 aliphatic rings. The van der Waals surface area contributed by atoms with Crippen molar-refractivity contribution in [2.45, 2.75) is 26.7 Å². The van der Waals surface area contributed by atoms with Crippen molar-refractivity contribution in [3.8, 4) is 0 Å². The van der Waals surface area contributed by atoms with Gasteiger partial charge in [-0.1, -0.05) is 6.58 Å². The third-order valence-electron chi connectivity index (χ3n) is 1.86. The van der Waals surface area contributed by atoms with Crippen LogP contribution in [0.1, 0.15) is 26.7 Å². The van der Waals surface area contributed by atoms with Gasteiger partial charge in [-0.25, -0.2) is 4.79 Å². The van der Waals surface area contributed by atoms with Gasteiger partial charge in [-0.3, -0.25) is 19.2 Å². The Morgan fingerprint density at radius 1 is 0.909 bits per heavy atom. The molecule has 0 saturated carbocycles. The van der Waals surface area contributed by atoms with Gasteiger partial charge in [0.05, 0.1) is 0 Å². The van der Waals surface area contributed by atoms with E-state index in [0.29, 0.717) is 0 Å². The first-order valence-corrected chi connectivity index (χ1v) is 6.14. The van der Waals surface area contributed by atoms with Crippen molar-refractivity contribution in [3.05, 3.63) is 24.7 Å². The number of esters is 3. The third-order valence-corrected chi connectivity index (χ3v) is 1.86. The zero-order valence-electron chi connectivity index (χ0n) is 12.2. The standard InChI is InChI=1S/C14H16O8/c1-4-11(17)20-6-5-14(21-12(18)7-9(2)15)22-13(19)8-10(3)16/h4-5H,1,6-8H2,2-3H3. The predicted octanol–water partition coefficient (Wildman–Crippen LogP) is 0.602. The number of ether oxygens (including phenoxy) is 3. The van der Waals surface area contributed by atoms with Gasteiger partial charge in [-0.2, -0.15) is 0 Å². The van der Waals surface area contributed by atoms with Crippen molar-refractivity contribution in [1.29, 1.82) is 0 Å². The van der Waals surface area contributed by atoms with Crippen LogP contribution in [-0.2, 0) is 38.2 Å².